The van der Waals surface area contributed by atoms with Crippen molar-refractivity contribution in [2.45, 2.75) is 46.0 Å². The van der Waals surface area contributed by atoms with Crippen LogP contribution in [-0.2, 0) is 14.3 Å². The van der Waals surface area contributed by atoms with Gasteiger partial charge >= 0.3 is 5.97 Å². The molecule has 0 aromatic carbocycles. The van der Waals surface area contributed by atoms with Crippen LogP contribution in [0.1, 0.15) is 56.5 Å². The Bertz CT molecular complexity index is 614. The van der Waals surface area contributed by atoms with Crippen molar-refractivity contribution in [2.75, 3.05) is 32.8 Å². The van der Waals surface area contributed by atoms with Crippen molar-refractivity contribution in [1.82, 2.24) is 9.80 Å². The molecule has 7 nitrogen and oxygen atoms in total. The van der Waals surface area contributed by atoms with Gasteiger partial charge in [0.2, 0.25) is 5.91 Å². The predicted octanol–water partition coefficient (Wildman–Crippen LogP) is 2.71. The van der Waals surface area contributed by atoms with E-state index in [4.69, 9.17) is 9.15 Å². The first kappa shape index (κ1) is 21.0. The molecule has 0 saturated carbocycles. The molecule has 1 saturated heterocycles. The zero-order valence-electron chi connectivity index (χ0n) is 16.3. The number of rotatable bonds is 9. The Morgan fingerprint density at radius 3 is 2.78 bits per heavy atom. The Balaban J connectivity index is 1.90. The second-order valence-corrected chi connectivity index (χ2v) is 6.80. The Hall–Kier alpha value is -2.31. The molecule has 0 radical (unpaired) electrons. The SMILES string of the molecule is CCCCN(CCC(=O)N1CCCC(C(=O)OCC)C1)C(=O)c1ccco1. The first-order valence-electron chi connectivity index (χ1n) is 9.84. The summed E-state index contributed by atoms with van der Waals surface area (Å²) in [6.45, 7) is 6.18. The van der Waals surface area contributed by atoms with E-state index in [1.54, 1.807) is 28.9 Å². The van der Waals surface area contributed by atoms with Gasteiger partial charge < -0.3 is 19.0 Å². The number of nitrogens with zero attached hydrogens (tertiary/aromatic N) is 2. The van der Waals surface area contributed by atoms with E-state index >= 15 is 0 Å². The minimum Gasteiger partial charge on any atom is -0.466 e. The van der Waals surface area contributed by atoms with Crippen molar-refractivity contribution in [3.63, 3.8) is 0 Å². The molecule has 0 spiro atoms. The molecule has 1 aromatic rings. The lowest BCUT2D eigenvalue weighted by Crippen LogP contribution is -2.44. The molecule has 1 aromatic heterocycles. The van der Waals surface area contributed by atoms with Crippen LogP contribution < -0.4 is 0 Å². The van der Waals surface area contributed by atoms with Crippen molar-refractivity contribution in [3.05, 3.63) is 24.2 Å². The van der Waals surface area contributed by atoms with Crippen molar-refractivity contribution >= 4 is 17.8 Å². The maximum Gasteiger partial charge on any atom is 0.310 e. The molecule has 0 bridgehead atoms. The standard InChI is InChI=1S/C20H30N2O5/c1-3-5-11-21(19(24)17-9-7-14-27-17)13-10-18(23)22-12-6-8-16(15-22)20(25)26-4-2/h7,9,14,16H,3-6,8,10-13,15H2,1-2H3. The van der Waals surface area contributed by atoms with Crippen molar-refractivity contribution in [3.8, 4) is 0 Å². The highest BCUT2D eigenvalue weighted by Crippen LogP contribution is 2.19. The van der Waals surface area contributed by atoms with E-state index in [9.17, 15) is 14.4 Å². The number of esters is 1. The molecule has 1 aliphatic rings. The van der Waals surface area contributed by atoms with Crippen LogP contribution in [0.25, 0.3) is 0 Å². The normalized spacial score (nSPS) is 16.8. The molecular formula is C20H30N2O5. The lowest BCUT2D eigenvalue weighted by atomic mass is 9.98. The summed E-state index contributed by atoms with van der Waals surface area (Å²) in [7, 11) is 0. The van der Waals surface area contributed by atoms with Crippen LogP contribution in [0.4, 0.5) is 0 Å². The quantitative estimate of drug-likeness (QED) is 0.617. The summed E-state index contributed by atoms with van der Waals surface area (Å²) in [4.78, 5) is 40.5. The molecule has 27 heavy (non-hydrogen) atoms. The highest BCUT2D eigenvalue weighted by atomic mass is 16.5. The number of carbonyl (C=O) groups is 3. The van der Waals surface area contributed by atoms with Crippen LogP contribution in [-0.4, -0.2) is 60.4 Å². The summed E-state index contributed by atoms with van der Waals surface area (Å²) >= 11 is 0. The molecule has 7 heteroatoms. The molecule has 1 atom stereocenters. The number of hydrogen-bond donors (Lipinski definition) is 0. The van der Waals surface area contributed by atoms with E-state index in [0.29, 0.717) is 38.5 Å². The van der Waals surface area contributed by atoms with Gasteiger partial charge in [-0.1, -0.05) is 13.3 Å². The first-order chi connectivity index (χ1) is 13.1. The van der Waals surface area contributed by atoms with Crippen LogP contribution in [0.3, 0.4) is 0 Å². The monoisotopic (exact) mass is 378 g/mol. The van der Waals surface area contributed by atoms with Crippen LogP contribution in [0, 0.1) is 5.92 Å². The molecule has 2 rings (SSSR count). The highest BCUT2D eigenvalue weighted by molar-refractivity contribution is 5.91. The fourth-order valence-corrected chi connectivity index (χ4v) is 3.26. The lowest BCUT2D eigenvalue weighted by molar-refractivity contribution is -0.151. The Morgan fingerprint density at radius 2 is 2.11 bits per heavy atom. The molecular weight excluding hydrogens is 348 g/mol. The fourth-order valence-electron chi connectivity index (χ4n) is 3.26. The number of carbonyl (C=O) groups excluding carboxylic acids is 3. The molecule has 2 heterocycles. The third kappa shape index (κ3) is 6.12. The average molecular weight is 378 g/mol. The highest BCUT2D eigenvalue weighted by Gasteiger charge is 2.29. The van der Waals surface area contributed by atoms with E-state index in [1.165, 1.54) is 6.26 Å². The van der Waals surface area contributed by atoms with E-state index < -0.39 is 0 Å². The van der Waals surface area contributed by atoms with Gasteiger partial charge in [-0.25, -0.2) is 0 Å². The van der Waals surface area contributed by atoms with Crippen LogP contribution in [0.2, 0.25) is 0 Å². The molecule has 2 amide bonds. The van der Waals surface area contributed by atoms with E-state index in [2.05, 4.69) is 6.92 Å². The number of likely N-dealkylation sites (tertiary alicyclic amines) is 1. The molecule has 1 unspecified atom stereocenters. The van der Waals surface area contributed by atoms with Gasteiger partial charge in [-0.3, -0.25) is 14.4 Å². The molecule has 1 fully saturated rings. The largest absolute Gasteiger partial charge is 0.466 e. The van der Waals surface area contributed by atoms with Crippen molar-refractivity contribution < 1.29 is 23.5 Å². The maximum atomic E-state index is 12.6. The second-order valence-electron chi connectivity index (χ2n) is 6.80. The maximum absolute atomic E-state index is 12.6. The fraction of sp³-hybridized carbons (Fsp3) is 0.650. The molecule has 1 aliphatic heterocycles. The zero-order valence-corrected chi connectivity index (χ0v) is 16.3. The summed E-state index contributed by atoms with van der Waals surface area (Å²) in [6, 6.07) is 3.32. The van der Waals surface area contributed by atoms with Crippen LogP contribution in [0.5, 0.6) is 0 Å². The van der Waals surface area contributed by atoms with Gasteiger partial charge in [0.1, 0.15) is 0 Å². The van der Waals surface area contributed by atoms with Crippen LogP contribution >= 0.6 is 0 Å². The van der Waals surface area contributed by atoms with E-state index in [-0.39, 0.29) is 30.1 Å². The second kappa shape index (κ2) is 10.7. The summed E-state index contributed by atoms with van der Waals surface area (Å²) in [5.41, 5.74) is 0. The summed E-state index contributed by atoms with van der Waals surface area (Å²) < 4.78 is 10.3. The van der Waals surface area contributed by atoms with Gasteiger partial charge in [0.15, 0.2) is 5.76 Å². The van der Waals surface area contributed by atoms with Gasteiger partial charge in [0.25, 0.3) is 5.91 Å². The summed E-state index contributed by atoms with van der Waals surface area (Å²) in [5, 5.41) is 0. The average Bonchev–Trinajstić information content (AvgIpc) is 3.22. The Labute approximate surface area is 160 Å². The third-order valence-electron chi connectivity index (χ3n) is 4.79. The minimum absolute atomic E-state index is 0.0299. The third-order valence-corrected chi connectivity index (χ3v) is 4.79. The number of piperidine rings is 1. The molecule has 150 valence electrons. The van der Waals surface area contributed by atoms with Gasteiger partial charge in [0.05, 0.1) is 18.8 Å². The predicted molar refractivity (Wildman–Crippen MR) is 100 cm³/mol. The Morgan fingerprint density at radius 1 is 1.30 bits per heavy atom. The molecule has 0 aliphatic carbocycles. The van der Waals surface area contributed by atoms with Gasteiger partial charge in [-0.15, -0.1) is 0 Å². The van der Waals surface area contributed by atoms with Crippen LogP contribution in [0.15, 0.2) is 22.8 Å². The van der Waals surface area contributed by atoms with E-state index in [1.807, 2.05) is 0 Å². The van der Waals surface area contributed by atoms with Gasteiger partial charge in [0, 0.05) is 32.6 Å². The number of furan rings is 1. The van der Waals surface area contributed by atoms with Crippen molar-refractivity contribution in [1.29, 1.82) is 0 Å². The first-order valence-corrected chi connectivity index (χ1v) is 9.84. The topological polar surface area (TPSA) is 80.1 Å². The zero-order chi connectivity index (χ0) is 19.6. The number of ether oxygens (including phenoxy) is 1. The van der Waals surface area contributed by atoms with Crippen molar-refractivity contribution in [2.24, 2.45) is 5.92 Å². The smallest absolute Gasteiger partial charge is 0.310 e. The summed E-state index contributed by atoms with van der Waals surface area (Å²) in [6.07, 6.45) is 5.09. The summed E-state index contributed by atoms with van der Waals surface area (Å²) in [5.74, 6) is -0.405. The minimum atomic E-state index is -0.247. The number of unbranched alkanes of at least 4 members (excludes halogenated alkanes) is 1. The van der Waals surface area contributed by atoms with Gasteiger partial charge in [-0.2, -0.15) is 0 Å². The number of hydrogen-bond acceptors (Lipinski definition) is 5. The van der Waals surface area contributed by atoms with E-state index in [0.717, 1.165) is 25.7 Å². The lowest BCUT2D eigenvalue weighted by Gasteiger charge is -2.32. The Kier molecular flexibility index (Phi) is 8.36. The molecule has 0 N–H and O–H groups in total. The number of amides is 2. The van der Waals surface area contributed by atoms with Gasteiger partial charge in [-0.05, 0) is 38.3 Å².